The van der Waals surface area contributed by atoms with Gasteiger partial charge in [0.05, 0.1) is 16.9 Å². The summed E-state index contributed by atoms with van der Waals surface area (Å²) >= 11 is 0. The number of nitrogens with zero attached hydrogens (tertiary/aromatic N) is 1. The zero-order valence-corrected chi connectivity index (χ0v) is 10.5. The van der Waals surface area contributed by atoms with Gasteiger partial charge in [0.25, 0.3) is 0 Å². The first kappa shape index (κ1) is 10.4. The van der Waals surface area contributed by atoms with Crippen molar-refractivity contribution in [3.8, 4) is 0 Å². The van der Waals surface area contributed by atoms with Crippen LogP contribution < -0.4 is 5.32 Å². The van der Waals surface area contributed by atoms with Gasteiger partial charge in [-0.1, -0.05) is 42.5 Å². The Morgan fingerprint density at radius 2 is 1.68 bits per heavy atom. The van der Waals surface area contributed by atoms with E-state index in [1.165, 1.54) is 22.3 Å². The van der Waals surface area contributed by atoms with E-state index < -0.39 is 0 Å². The molecule has 1 aromatic heterocycles. The Morgan fingerprint density at radius 3 is 2.58 bits per heavy atom. The first-order valence-corrected chi connectivity index (χ1v) is 6.53. The van der Waals surface area contributed by atoms with E-state index in [2.05, 4.69) is 70.6 Å². The lowest BCUT2D eigenvalue weighted by atomic mass is 10.2. The molecule has 0 unspecified atom stereocenters. The lowest BCUT2D eigenvalue weighted by Crippen LogP contribution is -1.93. The van der Waals surface area contributed by atoms with Crippen LogP contribution in [-0.4, -0.2) is 4.57 Å². The zero-order chi connectivity index (χ0) is 12.7. The number of benzene rings is 2. The van der Waals surface area contributed by atoms with Crippen molar-refractivity contribution >= 4 is 28.4 Å². The Kier molecular flexibility index (Phi) is 2.21. The molecule has 2 aromatic carbocycles. The fourth-order valence-corrected chi connectivity index (χ4v) is 2.76. The van der Waals surface area contributed by atoms with Crippen LogP contribution >= 0.6 is 0 Å². The second-order valence-electron chi connectivity index (χ2n) is 4.78. The third kappa shape index (κ3) is 1.57. The molecule has 1 aliphatic rings. The number of hydrogen-bond acceptors (Lipinski definition) is 1. The lowest BCUT2D eigenvalue weighted by molar-refractivity contribution is 0.883. The summed E-state index contributed by atoms with van der Waals surface area (Å²) in [5.74, 6) is 0. The normalized spacial score (nSPS) is 12.8. The summed E-state index contributed by atoms with van der Waals surface area (Å²) < 4.78 is 2.35. The minimum absolute atomic E-state index is 0.965. The number of allylic oxidation sites excluding steroid dienone is 1. The van der Waals surface area contributed by atoms with Crippen LogP contribution in [0.15, 0.2) is 60.7 Å². The van der Waals surface area contributed by atoms with Crippen molar-refractivity contribution < 1.29 is 0 Å². The molecule has 0 saturated heterocycles. The number of anilines is 2. The Hall–Kier alpha value is -2.48. The zero-order valence-electron chi connectivity index (χ0n) is 10.5. The molecule has 1 N–H and O–H groups in total. The van der Waals surface area contributed by atoms with E-state index in [1.807, 2.05) is 6.07 Å². The van der Waals surface area contributed by atoms with Gasteiger partial charge in [-0.2, -0.15) is 0 Å². The van der Waals surface area contributed by atoms with Gasteiger partial charge in [0.2, 0.25) is 0 Å². The molecule has 0 radical (unpaired) electrons. The monoisotopic (exact) mass is 246 g/mol. The van der Waals surface area contributed by atoms with Crippen LogP contribution in [0.25, 0.3) is 17.0 Å². The van der Waals surface area contributed by atoms with Gasteiger partial charge >= 0.3 is 0 Å². The molecule has 92 valence electrons. The van der Waals surface area contributed by atoms with Crippen LogP contribution in [0.1, 0.15) is 5.69 Å². The average molecular weight is 246 g/mol. The summed E-state index contributed by atoms with van der Waals surface area (Å²) in [7, 11) is 0. The topological polar surface area (TPSA) is 17.0 Å². The highest BCUT2D eigenvalue weighted by Crippen LogP contribution is 2.36. The molecule has 0 aliphatic carbocycles. The number of rotatable bonds is 2. The Bertz CT molecular complexity index is 767. The van der Waals surface area contributed by atoms with Gasteiger partial charge in [0.1, 0.15) is 0 Å². The molecular formula is C17H14N2. The molecule has 0 fully saturated rings. The Balaban J connectivity index is 1.92. The maximum absolute atomic E-state index is 3.56. The number of hydrogen-bond donors (Lipinski definition) is 1. The standard InChI is InChI=1S/C17H14N2/c1-2-7-13(8-3-1)18-17-14-9-4-5-10-15(14)19-12-6-11-16(17)19/h1-11,18H,12H2. The van der Waals surface area contributed by atoms with E-state index >= 15 is 0 Å². The summed E-state index contributed by atoms with van der Waals surface area (Å²) in [6.45, 7) is 0.965. The molecule has 4 rings (SSSR count). The van der Waals surface area contributed by atoms with E-state index in [0.29, 0.717) is 0 Å². The fourth-order valence-electron chi connectivity index (χ4n) is 2.76. The highest BCUT2D eigenvalue weighted by Gasteiger charge is 2.17. The molecule has 0 atom stereocenters. The predicted octanol–water partition coefficient (Wildman–Crippen LogP) is 4.41. The van der Waals surface area contributed by atoms with Gasteiger partial charge in [0.15, 0.2) is 0 Å². The quantitative estimate of drug-likeness (QED) is 0.708. The minimum atomic E-state index is 0.965. The average Bonchev–Trinajstić information content (AvgIpc) is 3.04. The molecule has 0 amide bonds. The van der Waals surface area contributed by atoms with Crippen LogP contribution in [0.4, 0.5) is 11.4 Å². The van der Waals surface area contributed by atoms with Gasteiger partial charge in [-0.25, -0.2) is 0 Å². The molecule has 2 heterocycles. The lowest BCUT2D eigenvalue weighted by Gasteiger charge is -2.06. The fraction of sp³-hybridized carbons (Fsp3) is 0.0588. The minimum Gasteiger partial charge on any atom is -0.353 e. The van der Waals surface area contributed by atoms with Crippen molar-refractivity contribution in [1.82, 2.24) is 4.57 Å². The molecule has 2 nitrogen and oxygen atoms in total. The summed E-state index contributed by atoms with van der Waals surface area (Å²) in [5, 5.41) is 4.84. The van der Waals surface area contributed by atoms with Crippen molar-refractivity contribution in [3.05, 3.63) is 66.4 Å². The van der Waals surface area contributed by atoms with Gasteiger partial charge in [-0.15, -0.1) is 0 Å². The van der Waals surface area contributed by atoms with Gasteiger partial charge in [0, 0.05) is 17.6 Å². The smallest absolute Gasteiger partial charge is 0.0720 e. The Labute approximate surface area is 112 Å². The summed E-state index contributed by atoms with van der Waals surface area (Å²) in [6, 6.07) is 18.9. The van der Waals surface area contributed by atoms with Crippen molar-refractivity contribution in [2.45, 2.75) is 6.54 Å². The molecule has 0 bridgehead atoms. The maximum Gasteiger partial charge on any atom is 0.0720 e. The van der Waals surface area contributed by atoms with Crippen molar-refractivity contribution in [3.63, 3.8) is 0 Å². The van der Waals surface area contributed by atoms with Gasteiger partial charge in [-0.05, 0) is 24.3 Å². The highest BCUT2D eigenvalue weighted by atomic mass is 15.0. The largest absolute Gasteiger partial charge is 0.353 e. The Morgan fingerprint density at radius 1 is 0.895 bits per heavy atom. The van der Waals surface area contributed by atoms with Gasteiger partial charge < -0.3 is 9.88 Å². The van der Waals surface area contributed by atoms with E-state index in [9.17, 15) is 0 Å². The highest BCUT2D eigenvalue weighted by molar-refractivity contribution is 6.00. The first-order chi connectivity index (χ1) is 9.43. The first-order valence-electron chi connectivity index (χ1n) is 6.53. The SMILES string of the molecule is C1=Cc2c(Nc3ccccc3)c3ccccc3n2C1. The van der Waals surface area contributed by atoms with E-state index in [4.69, 9.17) is 0 Å². The summed E-state index contributed by atoms with van der Waals surface area (Å²) in [6.07, 6.45) is 4.41. The van der Waals surface area contributed by atoms with E-state index in [0.717, 1.165) is 12.2 Å². The molecule has 1 aliphatic heterocycles. The third-order valence-electron chi connectivity index (χ3n) is 3.62. The van der Waals surface area contributed by atoms with Crippen molar-refractivity contribution in [2.75, 3.05) is 5.32 Å². The molecule has 3 aromatic rings. The molecule has 19 heavy (non-hydrogen) atoms. The van der Waals surface area contributed by atoms with E-state index in [-0.39, 0.29) is 0 Å². The number of aromatic nitrogens is 1. The van der Waals surface area contributed by atoms with Crippen LogP contribution in [0.2, 0.25) is 0 Å². The number of nitrogens with one attached hydrogen (secondary N) is 1. The summed E-state index contributed by atoms with van der Waals surface area (Å²) in [4.78, 5) is 0. The third-order valence-corrected chi connectivity index (χ3v) is 3.62. The molecule has 0 saturated carbocycles. The van der Waals surface area contributed by atoms with Crippen LogP contribution in [0.5, 0.6) is 0 Å². The molecule has 2 heteroatoms. The molecule has 0 spiro atoms. The van der Waals surface area contributed by atoms with Crippen LogP contribution in [0, 0.1) is 0 Å². The van der Waals surface area contributed by atoms with E-state index in [1.54, 1.807) is 0 Å². The predicted molar refractivity (Wildman–Crippen MR) is 80.7 cm³/mol. The van der Waals surface area contributed by atoms with Gasteiger partial charge in [-0.3, -0.25) is 0 Å². The molecular weight excluding hydrogens is 232 g/mol. The maximum atomic E-state index is 3.56. The van der Waals surface area contributed by atoms with Crippen molar-refractivity contribution in [1.29, 1.82) is 0 Å². The van der Waals surface area contributed by atoms with Crippen LogP contribution in [-0.2, 0) is 6.54 Å². The van der Waals surface area contributed by atoms with Crippen molar-refractivity contribution in [2.24, 2.45) is 0 Å². The second-order valence-corrected chi connectivity index (χ2v) is 4.78. The number of fused-ring (bicyclic) bond motifs is 3. The summed E-state index contributed by atoms with van der Waals surface area (Å²) in [5.41, 5.74) is 4.89. The second kappa shape index (κ2) is 4.02. The number of para-hydroxylation sites is 2. The van der Waals surface area contributed by atoms with Crippen LogP contribution in [0.3, 0.4) is 0 Å².